The zero-order valence-electron chi connectivity index (χ0n) is 9.78. The molecule has 0 aromatic heterocycles. The first-order valence-electron chi connectivity index (χ1n) is 5.83. The van der Waals surface area contributed by atoms with Gasteiger partial charge in [0.05, 0.1) is 0 Å². The summed E-state index contributed by atoms with van der Waals surface area (Å²) in [6.07, 6.45) is 2.47. The summed E-state index contributed by atoms with van der Waals surface area (Å²) >= 11 is 2.23. The lowest BCUT2D eigenvalue weighted by molar-refractivity contribution is -0.123. The fourth-order valence-corrected chi connectivity index (χ4v) is 2.05. The molecule has 92 valence electrons. The van der Waals surface area contributed by atoms with Gasteiger partial charge in [-0.15, -0.1) is 0 Å². The van der Waals surface area contributed by atoms with Crippen LogP contribution in [0.5, 0.6) is 5.75 Å². The molecule has 17 heavy (non-hydrogen) atoms. The summed E-state index contributed by atoms with van der Waals surface area (Å²) in [4.78, 5) is 11.6. The SMILES string of the molecule is CC(NC(=O)COc1ccc(I)cc1)C1CC1. The standard InChI is InChI=1S/C13H16INO2/c1-9(10-2-3-10)15-13(16)8-17-12-6-4-11(14)5-7-12/h4-7,9-10H,2-3,8H2,1H3,(H,15,16). The summed E-state index contributed by atoms with van der Waals surface area (Å²) in [5.74, 6) is 1.37. The number of halogens is 1. The van der Waals surface area contributed by atoms with E-state index in [4.69, 9.17) is 4.74 Å². The molecule has 0 bridgehead atoms. The lowest BCUT2D eigenvalue weighted by Crippen LogP contribution is -2.37. The molecule has 4 heteroatoms. The van der Waals surface area contributed by atoms with Crippen LogP contribution in [0.2, 0.25) is 0 Å². The Bertz CT molecular complexity index is 387. The Morgan fingerprint density at radius 3 is 2.71 bits per heavy atom. The van der Waals surface area contributed by atoms with E-state index in [1.165, 1.54) is 12.8 Å². The molecule has 0 heterocycles. The first-order valence-corrected chi connectivity index (χ1v) is 6.91. The number of nitrogens with one attached hydrogen (secondary N) is 1. The highest BCUT2D eigenvalue weighted by molar-refractivity contribution is 14.1. The molecular formula is C13H16INO2. The summed E-state index contributed by atoms with van der Waals surface area (Å²) in [5.41, 5.74) is 0. The highest BCUT2D eigenvalue weighted by Crippen LogP contribution is 2.32. The van der Waals surface area contributed by atoms with Crippen molar-refractivity contribution in [2.45, 2.75) is 25.8 Å². The van der Waals surface area contributed by atoms with Crippen molar-refractivity contribution in [1.29, 1.82) is 0 Å². The van der Waals surface area contributed by atoms with Gasteiger partial charge in [-0.3, -0.25) is 4.79 Å². The van der Waals surface area contributed by atoms with Crippen LogP contribution >= 0.6 is 22.6 Å². The molecule has 0 saturated heterocycles. The van der Waals surface area contributed by atoms with Crippen LogP contribution in [0.4, 0.5) is 0 Å². The van der Waals surface area contributed by atoms with Crippen LogP contribution < -0.4 is 10.1 Å². The quantitative estimate of drug-likeness (QED) is 0.833. The lowest BCUT2D eigenvalue weighted by atomic mass is 10.2. The average Bonchev–Trinajstić information content (AvgIpc) is 3.12. The van der Waals surface area contributed by atoms with Crippen molar-refractivity contribution < 1.29 is 9.53 Å². The van der Waals surface area contributed by atoms with E-state index in [-0.39, 0.29) is 18.6 Å². The van der Waals surface area contributed by atoms with Crippen molar-refractivity contribution in [3.63, 3.8) is 0 Å². The number of hydrogen-bond donors (Lipinski definition) is 1. The van der Waals surface area contributed by atoms with E-state index in [2.05, 4.69) is 34.8 Å². The molecule has 1 N–H and O–H groups in total. The van der Waals surface area contributed by atoms with E-state index >= 15 is 0 Å². The van der Waals surface area contributed by atoms with Crippen molar-refractivity contribution in [2.75, 3.05) is 6.61 Å². The van der Waals surface area contributed by atoms with Crippen LogP contribution in [0.25, 0.3) is 0 Å². The molecule has 1 aliphatic rings. The third kappa shape index (κ3) is 4.18. The first kappa shape index (κ1) is 12.7. The zero-order chi connectivity index (χ0) is 12.3. The Balaban J connectivity index is 1.73. The minimum Gasteiger partial charge on any atom is -0.484 e. The van der Waals surface area contributed by atoms with Crippen LogP contribution in [-0.4, -0.2) is 18.6 Å². The van der Waals surface area contributed by atoms with Crippen LogP contribution in [0.1, 0.15) is 19.8 Å². The third-order valence-corrected chi connectivity index (χ3v) is 3.62. The molecule has 1 aromatic carbocycles. The molecule has 1 fully saturated rings. The highest BCUT2D eigenvalue weighted by Gasteiger charge is 2.28. The van der Waals surface area contributed by atoms with Gasteiger partial charge in [-0.2, -0.15) is 0 Å². The number of benzene rings is 1. The highest BCUT2D eigenvalue weighted by atomic mass is 127. The predicted molar refractivity (Wildman–Crippen MR) is 75.0 cm³/mol. The second-order valence-corrected chi connectivity index (χ2v) is 5.68. The minimum atomic E-state index is -0.0389. The van der Waals surface area contributed by atoms with Crippen LogP contribution in [0.3, 0.4) is 0 Å². The number of carbonyl (C=O) groups excluding carboxylic acids is 1. The van der Waals surface area contributed by atoms with Gasteiger partial charge in [0.1, 0.15) is 5.75 Å². The molecule has 3 nitrogen and oxygen atoms in total. The smallest absolute Gasteiger partial charge is 0.258 e. The van der Waals surface area contributed by atoms with Crippen molar-refractivity contribution in [2.24, 2.45) is 5.92 Å². The van der Waals surface area contributed by atoms with Crippen molar-refractivity contribution in [3.8, 4) is 5.75 Å². The predicted octanol–water partition coefficient (Wildman–Crippen LogP) is 2.58. The molecule has 1 unspecified atom stereocenters. The van der Waals surface area contributed by atoms with Gasteiger partial charge in [-0.05, 0) is 72.5 Å². The van der Waals surface area contributed by atoms with Gasteiger partial charge in [-0.25, -0.2) is 0 Å². The van der Waals surface area contributed by atoms with Crippen molar-refractivity contribution in [3.05, 3.63) is 27.8 Å². The Hall–Kier alpha value is -0.780. The van der Waals surface area contributed by atoms with Crippen molar-refractivity contribution >= 4 is 28.5 Å². The fraction of sp³-hybridized carbons (Fsp3) is 0.462. The number of amides is 1. The minimum absolute atomic E-state index is 0.0389. The Morgan fingerprint density at radius 2 is 2.12 bits per heavy atom. The summed E-state index contributed by atoms with van der Waals surface area (Å²) in [7, 11) is 0. The third-order valence-electron chi connectivity index (χ3n) is 2.90. The first-order chi connectivity index (χ1) is 8.15. The average molecular weight is 345 g/mol. The van der Waals surface area contributed by atoms with E-state index in [0.29, 0.717) is 5.92 Å². The van der Waals surface area contributed by atoms with Crippen LogP contribution in [-0.2, 0) is 4.79 Å². The number of carbonyl (C=O) groups is 1. The maximum absolute atomic E-state index is 11.6. The summed E-state index contributed by atoms with van der Waals surface area (Å²) in [5, 5.41) is 2.96. The number of hydrogen-bond acceptors (Lipinski definition) is 2. The van der Waals surface area contributed by atoms with Gasteiger partial charge in [-0.1, -0.05) is 0 Å². The molecule has 1 amide bonds. The van der Waals surface area contributed by atoms with Crippen LogP contribution in [0.15, 0.2) is 24.3 Å². The Labute approximate surface area is 115 Å². The monoisotopic (exact) mass is 345 g/mol. The normalized spacial score (nSPS) is 16.4. The zero-order valence-corrected chi connectivity index (χ0v) is 11.9. The van der Waals surface area contributed by atoms with Gasteiger partial charge in [0.15, 0.2) is 6.61 Å². The maximum Gasteiger partial charge on any atom is 0.258 e. The van der Waals surface area contributed by atoms with Gasteiger partial charge >= 0.3 is 0 Å². The number of rotatable bonds is 5. The lowest BCUT2D eigenvalue weighted by Gasteiger charge is -2.13. The fourth-order valence-electron chi connectivity index (χ4n) is 1.69. The molecule has 1 aromatic rings. The van der Waals surface area contributed by atoms with Crippen LogP contribution in [0, 0.1) is 9.49 Å². The van der Waals surface area contributed by atoms with Crippen molar-refractivity contribution in [1.82, 2.24) is 5.32 Å². The molecule has 2 rings (SSSR count). The second kappa shape index (κ2) is 5.71. The Kier molecular flexibility index (Phi) is 4.25. The van der Waals surface area contributed by atoms with Gasteiger partial charge in [0.2, 0.25) is 0 Å². The van der Waals surface area contributed by atoms with E-state index in [1.54, 1.807) is 0 Å². The van der Waals surface area contributed by atoms with E-state index in [1.807, 2.05) is 24.3 Å². The molecule has 0 radical (unpaired) electrons. The van der Waals surface area contributed by atoms with Gasteiger partial charge < -0.3 is 10.1 Å². The molecule has 1 saturated carbocycles. The van der Waals surface area contributed by atoms with E-state index < -0.39 is 0 Å². The van der Waals surface area contributed by atoms with Gasteiger partial charge in [0, 0.05) is 9.61 Å². The summed E-state index contributed by atoms with van der Waals surface area (Å²) in [6, 6.07) is 7.95. The van der Waals surface area contributed by atoms with E-state index in [9.17, 15) is 4.79 Å². The second-order valence-electron chi connectivity index (χ2n) is 4.44. The molecule has 1 atom stereocenters. The Morgan fingerprint density at radius 1 is 1.47 bits per heavy atom. The topological polar surface area (TPSA) is 38.3 Å². The molecule has 0 spiro atoms. The molecule has 1 aliphatic carbocycles. The largest absolute Gasteiger partial charge is 0.484 e. The van der Waals surface area contributed by atoms with E-state index in [0.717, 1.165) is 9.32 Å². The maximum atomic E-state index is 11.6. The summed E-state index contributed by atoms with van der Waals surface area (Å²) in [6.45, 7) is 2.15. The number of ether oxygens (including phenoxy) is 1. The molecule has 0 aliphatic heterocycles. The van der Waals surface area contributed by atoms with Gasteiger partial charge in [0.25, 0.3) is 5.91 Å². The molecular weight excluding hydrogens is 329 g/mol. The summed E-state index contributed by atoms with van der Waals surface area (Å²) < 4.78 is 6.56.